The Kier molecular flexibility index (Phi) is 3.04. The Morgan fingerprint density at radius 2 is 2.07 bits per heavy atom. The SMILES string of the molecule is C[C@@H]1C(O)CC(=O)N1C(=O)OC(C)(C)C. The third-order valence-corrected chi connectivity index (χ3v) is 2.21. The highest BCUT2D eigenvalue weighted by Crippen LogP contribution is 2.21. The number of aliphatic hydroxyl groups excluding tert-OH is 1. The lowest BCUT2D eigenvalue weighted by Gasteiger charge is -2.26. The van der Waals surface area contributed by atoms with E-state index in [-0.39, 0.29) is 12.3 Å². The summed E-state index contributed by atoms with van der Waals surface area (Å²) in [4.78, 5) is 24.0. The van der Waals surface area contributed by atoms with E-state index in [0.717, 1.165) is 4.90 Å². The number of ether oxygens (including phenoxy) is 1. The maximum atomic E-state index is 11.6. The molecule has 1 N–H and O–H groups in total. The number of hydrogen-bond donors (Lipinski definition) is 1. The summed E-state index contributed by atoms with van der Waals surface area (Å²) in [7, 11) is 0. The van der Waals surface area contributed by atoms with Crippen LogP contribution in [0.5, 0.6) is 0 Å². The number of carbonyl (C=O) groups is 2. The van der Waals surface area contributed by atoms with Crippen molar-refractivity contribution in [3.8, 4) is 0 Å². The Hall–Kier alpha value is -1.10. The van der Waals surface area contributed by atoms with Crippen molar-refractivity contribution >= 4 is 12.0 Å². The Bertz CT molecular complexity index is 282. The molecule has 0 aromatic rings. The van der Waals surface area contributed by atoms with Gasteiger partial charge in [-0.05, 0) is 27.7 Å². The van der Waals surface area contributed by atoms with Gasteiger partial charge in [0.15, 0.2) is 0 Å². The zero-order valence-corrected chi connectivity index (χ0v) is 9.48. The van der Waals surface area contributed by atoms with Crippen molar-refractivity contribution in [2.45, 2.75) is 51.9 Å². The third kappa shape index (κ3) is 2.68. The number of carbonyl (C=O) groups excluding carboxylic acids is 2. The van der Waals surface area contributed by atoms with Gasteiger partial charge in [-0.2, -0.15) is 0 Å². The fraction of sp³-hybridized carbons (Fsp3) is 0.800. The maximum Gasteiger partial charge on any atom is 0.417 e. The highest BCUT2D eigenvalue weighted by molar-refractivity contribution is 5.94. The van der Waals surface area contributed by atoms with E-state index in [1.165, 1.54) is 0 Å². The summed E-state index contributed by atoms with van der Waals surface area (Å²) in [6.45, 7) is 6.81. The molecule has 1 rings (SSSR count). The number of amides is 2. The Morgan fingerprint density at radius 1 is 1.53 bits per heavy atom. The highest BCUT2D eigenvalue weighted by Gasteiger charge is 2.41. The van der Waals surface area contributed by atoms with Crippen molar-refractivity contribution in [2.75, 3.05) is 0 Å². The molecule has 0 spiro atoms. The van der Waals surface area contributed by atoms with Gasteiger partial charge in [0.2, 0.25) is 5.91 Å². The quantitative estimate of drug-likeness (QED) is 0.652. The summed E-state index contributed by atoms with van der Waals surface area (Å²) in [5.41, 5.74) is -0.634. The predicted octanol–water partition coefficient (Wildman–Crippen LogP) is 0.903. The highest BCUT2D eigenvalue weighted by atomic mass is 16.6. The van der Waals surface area contributed by atoms with E-state index < -0.39 is 23.8 Å². The first-order chi connectivity index (χ1) is 6.72. The number of hydrogen-bond acceptors (Lipinski definition) is 4. The van der Waals surface area contributed by atoms with Gasteiger partial charge in [0.25, 0.3) is 0 Å². The predicted molar refractivity (Wildman–Crippen MR) is 53.2 cm³/mol. The average Bonchev–Trinajstić information content (AvgIpc) is 2.22. The van der Waals surface area contributed by atoms with Crippen molar-refractivity contribution in [1.29, 1.82) is 0 Å². The first kappa shape index (κ1) is 12.0. The second-order valence-corrected chi connectivity index (χ2v) is 4.76. The fourth-order valence-corrected chi connectivity index (χ4v) is 1.43. The van der Waals surface area contributed by atoms with Gasteiger partial charge in [-0.15, -0.1) is 0 Å². The molecule has 1 aliphatic rings. The standard InChI is InChI=1S/C10H17NO4/c1-6-7(12)5-8(13)11(6)9(14)15-10(2,3)4/h6-7,12H,5H2,1-4H3/t6-,7?/m1/s1. The summed E-state index contributed by atoms with van der Waals surface area (Å²) in [6.07, 6.45) is -1.48. The molecule has 5 nitrogen and oxygen atoms in total. The summed E-state index contributed by atoms with van der Waals surface area (Å²) < 4.78 is 5.07. The molecule has 1 saturated heterocycles. The van der Waals surface area contributed by atoms with Gasteiger partial charge in [0, 0.05) is 0 Å². The van der Waals surface area contributed by atoms with Gasteiger partial charge in [-0.1, -0.05) is 0 Å². The van der Waals surface area contributed by atoms with Gasteiger partial charge >= 0.3 is 6.09 Å². The lowest BCUT2D eigenvalue weighted by atomic mass is 10.2. The minimum atomic E-state index is -0.787. The van der Waals surface area contributed by atoms with Crippen molar-refractivity contribution < 1.29 is 19.4 Å². The summed E-state index contributed by atoms with van der Waals surface area (Å²) >= 11 is 0. The molecule has 1 aliphatic heterocycles. The van der Waals surface area contributed by atoms with Crippen molar-refractivity contribution in [3.05, 3.63) is 0 Å². The third-order valence-electron chi connectivity index (χ3n) is 2.21. The molecule has 0 aromatic carbocycles. The molecule has 2 atom stereocenters. The van der Waals surface area contributed by atoms with E-state index in [4.69, 9.17) is 4.74 Å². The zero-order chi connectivity index (χ0) is 11.8. The first-order valence-electron chi connectivity index (χ1n) is 4.95. The molecular formula is C10H17NO4. The molecule has 2 amide bonds. The van der Waals surface area contributed by atoms with Gasteiger partial charge in [-0.3, -0.25) is 4.79 Å². The summed E-state index contributed by atoms with van der Waals surface area (Å²) in [5, 5.41) is 9.42. The van der Waals surface area contributed by atoms with Gasteiger partial charge in [0.05, 0.1) is 18.6 Å². The van der Waals surface area contributed by atoms with Gasteiger partial charge in [0.1, 0.15) is 5.60 Å². The molecule has 0 bridgehead atoms. The van der Waals surface area contributed by atoms with Crippen LogP contribution in [0.15, 0.2) is 0 Å². The van der Waals surface area contributed by atoms with Crippen molar-refractivity contribution in [2.24, 2.45) is 0 Å². The molecule has 1 fully saturated rings. The van der Waals surface area contributed by atoms with Crippen LogP contribution in [0, 0.1) is 0 Å². The van der Waals surface area contributed by atoms with Crippen LogP contribution < -0.4 is 0 Å². The molecule has 86 valence electrons. The Balaban J connectivity index is 2.72. The maximum absolute atomic E-state index is 11.6. The van der Waals surface area contributed by atoms with Crippen molar-refractivity contribution in [1.82, 2.24) is 4.90 Å². The molecule has 0 saturated carbocycles. The van der Waals surface area contributed by atoms with Crippen LogP contribution in [0.1, 0.15) is 34.1 Å². The molecule has 15 heavy (non-hydrogen) atoms. The second-order valence-electron chi connectivity index (χ2n) is 4.76. The monoisotopic (exact) mass is 215 g/mol. The zero-order valence-electron chi connectivity index (χ0n) is 9.48. The molecular weight excluding hydrogens is 198 g/mol. The van der Waals surface area contributed by atoms with Gasteiger partial charge in [-0.25, -0.2) is 9.69 Å². The molecule has 0 aliphatic carbocycles. The van der Waals surface area contributed by atoms with E-state index in [9.17, 15) is 14.7 Å². The normalized spacial score (nSPS) is 27.0. The second kappa shape index (κ2) is 3.81. The fourth-order valence-electron chi connectivity index (χ4n) is 1.43. The minimum Gasteiger partial charge on any atom is -0.443 e. The van der Waals surface area contributed by atoms with Crippen LogP contribution in [0.25, 0.3) is 0 Å². The van der Waals surface area contributed by atoms with Crippen LogP contribution >= 0.6 is 0 Å². The van der Waals surface area contributed by atoms with E-state index in [2.05, 4.69) is 0 Å². The topological polar surface area (TPSA) is 66.8 Å². The smallest absolute Gasteiger partial charge is 0.417 e. The largest absolute Gasteiger partial charge is 0.443 e. The molecule has 1 unspecified atom stereocenters. The van der Waals surface area contributed by atoms with Crippen molar-refractivity contribution in [3.63, 3.8) is 0 Å². The number of rotatable bonds is 0. The number of imide groups is 1. The first-order valence-corrected chi connectivity index (χ1v) is 4.95. The van der Waals surface area contributed by atoms with Crippen LogP contribution in [0.4, 0.5) is 4.79 Å². The lowest BCUT2D eigenvalue weighted by Crippen LogP contribution is -2.42. The minimum absolute atomic E-state index is 0.0135. The molecule has 5 heteroatoms. The molecule has 0 radical (unpaired) electrons. The average molecular weight is 215 g/mol. The summed E-state index contributed by atoms with van der Waals surface area (Å²) in [5.74, 6) is -0.385. The molecule has 1 heterocycles. The van der Waals surface area contributed by atoms with E-state index >= 15 is 0 Å². The Morgan fingerprint density at radius 3 is 2.40 bits per heavy atom. The lowest BCUT2D eigenvalue weighted by molar-refractivity contribution is -0.127. The number of aliphatic hydroxyl groups is 1. The van der Waals surface area contributed by atoms with Crippen LogP contribution in [-0.2, 0) is 9.53 Å². The summed E-state index contributed by atoms with van der Waals surface area (Å²) in [6, 6.07) is -0.507. The number of nitrogens with zero attached hydrogens (tertiary/aromatic N) is 1. The number of likely N-dealkylation sites (tertiary alicyclic amines) is 1. The van der Waals surface area contributed by atoms with E-state index in [0.29, 0.717) is 0 Å². The van der Waals surface area contributed by atoms with Gasteiger partial charge < -0.3 is 9.84 Å². The molecule has 0 aromatic heterocycles. The van der Waals surface area contributed by atoms with Crippen LogP contribution in [0.3, 0.4) is 0 Å². The van der Waals surface area contributed by atoms with Crippen LogP contribution in [-0.4, -0.2) is 39.8 Å². The van der Waals surface area contributed by atoms with E-state index in [1.807, 2.05) is 0 Å². The Labute approximate surface area is 89.0 Å². The van der Waals surface area contributed by atoms with E-state index in [1.54, 1.807) is 27.7 Å². The van der Waals surface area contributed by atoms with Crippen LogP contribution in [0.2, 0.25) is 0 Å².